The van der Waals surface area contributed by atoms with E-state index in [2.05, 4.69) is 9.71 Å². The molecule has 2 N–H and O–H groups in total. The fraction of sp³-hybridized carbons (Fsp3) is 0.188. The van der Waals surface area contributed by atoms with Crippen molar-refractivity contribution >= 4 is 21.9 Å². The molecule has 0 aliphatic heterocycles. The van der Waals surface area contributed by atoms with Gasteiger partial charge in [-0.05, 0) is 43.8 Å². The lowest BCUT2D eigenvalue weighted by atomic mass is 10.2. The first kappa shape index (κ1) is 17.0. The lowest BCUT2D eigenvalue weighted by molar-refractivity contribution is 0.373. The van der Waals surface area contributed by atoms with Crippen molar-refractivity contribution in [3.63, 3.8) is 0 Å². The summed E-state index contributed by atoms with van der Waals surface area (Å²) in [6.45, 7) is 1.71. The van der Waals surface area contributed by atoms with Crippen LogP contribution in [0.15, 0.2) is 46.3 Å². The number of methoxy groups -OCH3 is 1. The second kappa shape index (κ2) is 6.80. The van der Waals surface area contributed by atoms with E-state index in [9.17, 15) is 13.5 Å². The number of benzene rings is 2. The number of hydrogen-bond acceptors (Lipinski definition) is 5. The van der Waals surface area contributed by atoms with Crippen LogP contribution in [-0.2, 0) is 10.0 Å². The normalized spacial score (nSPS) is 11.8. The third-order valence-corrected chi connectivity index (χ3v) is 4.89. The number of hydrogen-bond donors (Lipinski definition) is 2. The predicted octanol–water partition coefficient (Wildman–Crippen LogP) is 2.37. The third-order valence-electron chi connectivity index (χ3n) is 3.33. The minimum absolute atomic E-state index is 0.0195. The predicted molar refractivity (Wildman–Crippen MR) is 89.3 cm³/mol. The van der Waals surface area contributed by atoms with E-state index in [1.165, 1.54) is 26.4 Å². The summed E-state index contributed by atoms with van der Waals surface area (Å²) in [6, 6.07) is 9.91. The van der Waals surface area contributed by atoms with Crippen molar-refractivity contribution in [1.82, 2.24) is 4.72 Å². The van der Waals surface area contributed by atoms with Crippen molar-refractivity contribution in [2.45, 2.75) is 11.8 Å². The zero-order valence-electron chi connectivity index (χ0n) is 13.1. The van der Waals surface area contributed by atoms with Gasteiger partial charge in [-0.3, -0.25) is 4.99 Å². The SMILES string of the molecule is CNS(=O)(=O)c1cc(N=Cc2cccc(OC)c2O)ccc1C. The summed E-state index contributed by atoms with van der Waals surface area (Å²) in [7, 11) is -0.723. The maximum atomic E-state index is 12.0. The number of sulfonamides is 1. The van der Waals surface area contributed by atoms with Gasteiger partial charge >= 0.3 is 0 Å². The molecular formula is C16H18N2O4S. The lowest BCUT2D eigenvalue weighted by Crippen LogP contribution is -2.19. The molecule has 0 saturated heterocycles. The van der Waals surface area contributed by atoms with Crippen LogP contribution in [0.5, 0.6) is 11.5 Å². The smallest absolute Gasteiger partial charge is 0.240 e. The fourth-order valence-electron chi connectivity index (χ4n) is 2.02. The van der Waals surface area contributed by atoms with Crippen molar-refractivity contribution in [3.05, 3.63) is 47.5 Å². The number of nitrogens with one attached hydrogen (secondary N) is 1. The highest BCUT2D eigenvalue weighted by molar-refractivity contribution is 7.89. The molecule has 23 heavy (non-hydrogen) atoms. The van der Waals surface area contributed by atoms with Gasteiger partial charge in [0.25, 0.3) is 0 Å². The van der Waals surface area contributed by atoms with Crippen molar-refractivity contribution in [2.24, 2.45) is 4.99 Å². The van der Waals surface area contributed by atoms with Gasteiger partial charge in [0.2, 0.25) is 10.0 Å². The summed E-state index contributed by atoms with van der Waals surface area (Å²) in [6.07, 6.45) is 1.46. The zero-order valence-corrected chi connectivity index (χ0v) is 13.9. The number of aryl methyl sites for hydroxylation is 1. The summed E-state index contributed by atoms with van der Waals surface area (Å²) >= 11 is 0. The number of phenols is 1. The number of ether oxygens (including phenoxy) is 1. The van der Waals surface area contributed by atoms with Crippen LogP contribution in [0.4, 0.5) is 5.69 Å². The number of aromatic hydroxyl groups is 1. The van der Waals surface area contributed by atoms with Crippen LogP contribution in [0.3, 0.4) is 0 Å². The monoisotopic (exact) mass is 334 g/mol. The van der Waals surface area contributed by atoms with E-state index < -0.39 is 10.0 Å². The number of para-hydroxylation sites is 1. The van der Waals surface area contributed by atoms with Gasteiger partial charge in [-0.15, -0.1) is 0 Å². The Hall–Kier alpha value is -2.38. The Morgan fingerprint density at radius 1 is 1.26 bits per heavy atom. The van der Waals surface area contributed by atoms with E-state index in [4.69, 9.17) is 4.74 Å². The molecule has 6 nitrogen and oxygen atoms in total. The van der Waals surface area contributed by atoms with Gasteiger partial charge < -0.3 is 9.84 Å². The second-order valence-electron chi connectivity index (χ2n) is 4.81. The zero-order chi connectivity index (χ0) is 17.0. The number of rotatable bonds is 5. The topological polar surface area (TPSA) is 88.0 Å². The molecule has 7 heteroatoms. The Morgan fingerprint density at radius 3 is 2.65 bits per heavy atom. The molecule has 122 valence electrons. The molecule has 0 atom stereocenters. The molecule has 0 saturated carbocycles. The van der Waals surface area contributed by atoms with Crippen LogP contribution in [0.2, 0.25) is 0 Å². The minimum atomic E-state index is -3.55. The van der Waals surface area contributed by atoms with Gasteiger partial charge in [0, 0.05) is 11.8 Å². The van der Waals surface area contributed by atoms with E-state index in [1.54, 1.807) is 37.3 Å². The maximum absolute atomic E-state index is 12.0. The van der Waals surface area contributed by atoms with E-state index in [1.807, 2.05) is 0 Å². The summed E-state index contributed by atoms with van der Waals surface area (Å²) in [5.74, 6) is 0.324. The van der Waals surface area contributed by atoms with Gasteiger partial charge in [0.15, 0.2) is 11.5 Å². The van der Waals surface area contributed by atoms with Crippen molar-refractivity contribution in [1.29, 1.82) is 0 Å². The molecule has 0 aromatic heterocycles. The number of nitrogens with zero attached hydrogens (tertiary/aromatic N) is 1. The molecule has 0 spiro atoms. The molecule has 2 rings (SSSR count). The highest BCUT2D eigenvalue weighted by Gasteiger charge is 2.14. The van der Waals surface area contributed by atoms with Crippen LogP contribution >= 0.6 is 0 Å². The molecule has 2 aromatic carbocycles. The van der Waals surface area contributed by atoms with E-state index >= 15 is 0 Å². The molecule has 0 unspecified atom stereocenters. The number of phenolic OH excluding ortho intramolecular Hbond substituents is 1. The first-order valence-corrected chi connectivity index (χ1v) is 8.31. The highest BCUT2D eigenvalue weighted by atomic mass is 32.2. The van der Waals surface area contributed by atoms with E-state index in [-0.39, 0.29) is 10.6 Å². The van der Waals surface area contributed by atoms with Crippen molar-refractivity contribution in [2.75, 3.05) is 14.2 Å². The molecule has 0 fully saturated rings. The number of aliphatic imine (C=N–C) groups is 1. The first-order valence-electron chi connectivity index (χ1n) is 6.83. The largest absolute Gasteiger partial charge is 0.504 e. The van der Waals surface area contributed by atoms with E-state index in [0.717, 1.165) is 0 Å². The van der Waals surface area contributed by atoms with Crippen molar-refractivity contribution in [3.8, 4) is 11.5 Å². The van der Waals surface area contributed by atoms with Crippen LogP contribution < -0.4 is 9.46 Å². The second-order valence-corrected chi connectivity index (χ2v) is 6.67. The maximum Gasteiger partial charge on any atom is 0.240 e. The molecular weight excluding hydrogens is 316 g/mol. The molecule has 0 aliphatic rings. The van der Waals surface area contributed by atoms with Crippen LogP contribution in [0.1, 0.15) is 11.1 Å². The van der Waals surface area contributed by atoms with Gasteiger partial charge in [0.05, 0.1) is 17.7 Å². The van der Waals surface area contributed by atoms with Crippen LogP contribution in [0, 0.1) is 6.92 Å². The molecule has 0 aliphatic carbocycles. The Labute approximate surface area is 135 Å². The van der Waals surface area contributed by atoms with Gasteiger partial charge in [-0.1, -0.05) is 12.1 Å². The van der Waals surface area contributed by atoms with Crippen molar-refractivity contribution < 1.29 is 18.3 Å². The standard InChI is InChI=1S/C16H18N2O4S/c1-11-7-8-13(9-15(11)23(20,21)17-2)18-10-12-5-4-6-14(22-3)16(12)19/h4-10,17,19H,1-3H3. The average Bonchev–Trinajstić information content (AvgIpc) is 2.55. The molecule has 0 bridgehead atoms. The summed E-state index contributed by atoms with van der Waals surface area (Å²) < 4.78 is 31.3. The van der Waals surface area contributed by atoms with Crippen LogP contribution in [-0.4, -0.2) is 33.9 Å². The van der Waals surface area contributed by atoms with Gasteiger partial charge in [-0.25, -0.2) is 13.1 Å². The Kier molecular flexibility index (Phi) is 5.02. The lowest BCUT2D eigenvalue weighted by Gasteiger charge is -2.07. The Balaban J connectivity index is 2.40. The van der Waals surface area contributed by atoms with Gasteiger partial charge in [-0.2, -0.15) is 0 Å². The Morgan fingerprint density at radius 2 is 2.00 bits per heavy atom. The summed E-state index contributed by atoms with van der Waals surface area (Å²) in [5.41, 5.74) is 1.57. The fourth-order valence-corrected chi connectivity index (χ4v) is 3.01. The molecule has 2 aromatic rings. The molecule has 0 amide bonds. The molecule has 0 radical (unpaired) electrons. The van der Waals surface area contributed by atoms with Crippen LogP contribution in [0.25, 0.3) is 0 Å². The Bertz CT molecular complexity index is 845. The van der Waals surface area contributed by atoms with E-state index in [0.29, 0.717) is 22.6 Å². The average molecular weight is 334 g/mol. The third kappa shape index (κ3) is 3.69. The van der Waals surface area contributed by atoms with Gasteiger partial charge in [0.1, 0.15) is 0 Å². The highest BCUT2D eigenvalue weighted by Crippen LogP contribution is 2.29. The summed E-state index contributed by atoms with van der Waals surface area (Å²) in [4.78, 5) is 4.40. The quantitative estimate of drug-likeness (QED) is 0.822. The summed E-state index contributed by atoms with van der Waals surface area (Å²) in [5, 5.41) is 10.0. The first-order chi connectivity index (χ1) is 10.9. The molecule has 0 heterocycles. The minimum Gasteiger partial charge on any atom is -0.504 e.